The van der Waals surface area contributed by atoms with Gasteiger partial charge in [0.15, 0.2) is 0 Å². The van der Waals surface area contributed by atoms with E-state index in [-0.39, 0.29) is 10.9 Å². The van der Waals surface area contributed by atoms with Gasteiger partial charge < -0.3 is 5.32 Å². The molecule has 2 rings (SSSR count). The molecular weight excluding hydrogens is 286 g/mol. The fourth-order valence-electron chi connectivity index (χ4n) is 2.01. The third-order valence-electron chi connectivity index (χ3n) is 3.11. The van der Waals surface area contributed by atoms with E-state index < -0.39 is 10.0 Å². The summed E-state index contributed by atoms with van der Waals surface area (Å²) in [5.41, 5.74) is 1.43. The number of hydrogen-bond donors (Lipinski definition) is 2. The summed E-state index contributed by atoms with van der Waals surface area (Å²) in [5.74, 6) is 0. The van der Waals surface area contributed by atoms with Gasteiger partial charge in [-0.2, -0.15) is 0 Å². The lowest BCUT2D eigenvalue weighted by Gasteiger charge is -2.14. The Bertz CT molecular complexity index is 687. The van der Waals surface area contributed by atoms with Crippen LogP contribution in [0.2, 0.25) is 0 Å². The molecule has 2 aromatic rings. The minimum atomic E-state index is -3.59. The second-order valence-electron chi connectivity index (χ2n) is 4.69. The summed E-state index contributed by atoms with van der Waals surface area (Å²) in [4.78, 5) is 4.11. The zero-order valence-corrected chi connectivity index (χ0v) is 12.9. The number of hydrogen-bond acceptors (Lipinski definition) is 4. The van der Waals surface area contributed by atoms with E-state index in [1.54, 1.807) is 42.7 Å². The maximum atomic E-state index is 12.4. The van der Waals surface area contributed by atoms with E-state index in [2.05, 4.69) is 15.0 Å². The zero-order valence-electron chi connectivity index (χ0n) is 12.1. The summed E-state index contributed by atoms with van der Waals surface area (Å²) >= 11 is 0. The standard InChI is InChI=1S/C15H19N3O2S/c1-3-17-12(2)13-5-4-6-15(11-13)21(19,20)18-14-7-9-16-10-8-14/h4-12,17H,3H2,1-2H3,(H,16,18). The normalized spacial score (nSPS) is 12.9. The van der Waals surface area contributed by atoms with Crippen LogP contribution in [0.5, 0.6) is 0 Å². The molecule has 0 bridgehead atoms. The SMILES string of the molecule is CCNC(C)c1cccc(S(=O)(=O)Nc2ccncc2)c1. The molecule has 5 nitrogen and oxygen atoms in total. The average molecular weight is 305 g/mol. The number of aromatic nitrogens is 1. The first-order valence-corrected chi connectivity index (χ1v) is 8.27. The molecule has 0 saturated carbocycles. The van der Waals surface area contributed by atoms with Crippen molar-refractivity contribution in [1.29, 1.82) is 0 Å². The fraction of sp³-hybridized carbons (Fsp3) is 0.267. The minimum absolute atomic E-state index is 0.103. The Balaban J connectivity index is 2.26. The van der Waals surface area contributed by atoms with E-state index in [1.165, 1.54) is 0 Å². The van der Waals surface area contributed by atoms with E-state index in [0.29, 0.717) is 5.69 Å². The quantitative estimate of drug-likeness (QED) is 0.860. The highest BCUT2D eigenvalue weighted by atomic mass is 32.2. The predicted octanol–water partition coefficient (Wildman–Crippen LogP) is 2.55. The van der Waals surface area contributed by atoms with E-state index in [4.69, 9.17) is 0 Å². The van der Waals surface area contributed by atoms with Crippen molar-refractivity contribution >= 4 is 15.7 Å². The lowest BCUT2D eigenvalue weighted by atomic mass is 10.1. The fourth-order valence-corrected chi connectivity index (χ4v) is 3.12. The van der Waals surface area contributed by atoms with Gasteiger partial charge in [0.1, 0.15) is 0 Å². The molecule has 0 amide bonds. The van der Waals surface area contributed by atoms with Crippen LogP contribution in [0.3, 0.4) is 0 Å². The van der Waals surface area contributed by atoms with Crippen LogP contribution in [0, 0.1) is 0 Å². The summed E-state index contributed by atoms with van der Waals surface area (Å²) in [6, 6.07) is 10.3. The van der Waals surface area contributed by atoms with Crippen LogP contribution >= 0.6 is 0 Å². The van der Waals surface area contributed by atoms with Gasteiger partial charge in [-0.05, 0) is 43.3 Å². The van der Waals surface area contributed by atoms with Crippen LogP contribution in [-0.4, -0.2) is 19.9 Å². The van der Waals surface area contributed by atoms with Crippen molar-refractivity contribution in [2.24, 2.45) is 0 Å². The van der Waals surface area contributed by atoms with E-state index >= 15 is 0 Å². The van der Waals surface area contributed by atoms with Crippen LogP contribution in [0.4, 0.5) is 5.69 Å². The molecule has 0 aliphatic carbocycles. The predicted molar refractivity (Wildman–Crippen MR) is 83.6 cm³/mol. The monoisotopic (exact) mass is 305 g/mol. The van der Waals surface area contributed by atoms with Crippen LogP contribution in [0.1, 0.15) is 25.5 Å². The molecule has 2 N–H and O–H groups in total. The smallest absolute Gasteiger partial charge is 0.261 e. The van der Waals surface area contributed by atoms with Crippen molar-refractivity contribution in [1.82, 2.24) is 10.3 Å². The second-order valence-corrected chi connectivity index (χ2v) is 6.38. The molecule has 1 heterocycles. The van der Waals surface area contributed by atoms with Gasteiger partial charge in [-0.15, -0.1) is 0 Å². The molecular formula is C15H19N3O2S. The number of anilines is 1. The van der Waals surface area contributed by atoms with Gasteiger partial charge in [0.05, 0.1) is 10.6 Å². The van der Waals surface area contributed by atoms with Crippen molar-refractivity contribution in [2.45, 2.75) is 24.8 Å². The maximum absolute atomic E-state index is 12.4. The number of sulfonamides is 1. The van der Waals surface area contributed by atoms with Gasteiger partial charge in [0, 0.05) is 18.4 Å². The van der Waals surface area contributed by atoms with Gasteiger partial charge in [0.25, 0.3) is 10.0 Å². The molecule has 0 spiro atoms. The molecule has 0 aliphatic heterocycles. The Hall–Kier alpha value is -1.92. The Morgan fingerprint density at radius 2 is 1.90 bits per heavy atom. The number of rotatable bonds is 6. The Kier molecular flexibility index (Phi) is 4.93. The first kappa shape index (κ1) is 15.5. The Morgan fingerprint density at radius 3 is 2.57 bits per heavy atom. The summed E-state index contributed by atoms with van der Waals surface area (Å²) in [7, 11) is -3.59. The third-order valence-corrected chi connectivity index (χ3v) is 4.49. The summed E-state index contributed by atoms with van der Waals surface area (Å²) in [6.45, 7) is 4.85. The number of pyridine rings is 1. The van der Waals surface area contributed by atoms with Crippen LogP contribution in [0.25, 0.3) is 0 Å². The number of nitrogens with zero attached hydrogens (tertiary/aromatic N) is 1. The molecule has 0 fully saturated rings. The topological polar surface area (TPSA) is 71.1 Å². The van der Waals surface area contributed by atoms with Crippen molar-refractivity contribution in [3.05, 3.63) is 54.4 Å². The highest BCUT2D eigenvalue weighted by Crippen LogP contribution is 2.19. The Labute approximate surface area is 125 Å². The molecule has 1 aromatic heterocycles. The molecule has 0 aliphatic rings. The van der Waals surface area contributed by atoms with E-state index in [1.807, 2.05) is 19.9 Å². The van der Waals surface area contributed by atoms with E-state index in [9.17, 15) is 8.42 Å². The first-order chi connectivity index (χ1) is 10.0. The highest BCUT2D eigenvalue weighted by molar-refractivity contribution is 7.92. The van der Waals surface area contributed by atoms with Crippen LogP contribution < -0.4 is 10.0 Å². The molecule has 6 heteroatoms. The second kappa shape index (κ2) is 6.69. The minimum Gasteiger partial charge on any atom is -0.310 e. The van der Waals surface area contributed by atoms with Crippen molar-refractivity contribution in [2.75, 3.05) is 11.3 Å². The van der Waals surface area contributed by atoms with Gasteiger partial charge in [-0.3, -0.25) is 9.71 Å². The average Bonchev–Trinajstić information content (AvgIpc) is 2.48. The van der Waals surface area contributed by atoms with Gasteiger partial charge in [-0.25, -0.2) is 8.42 Å². The maximum Gasteiger partial charge on any atom is 0.261 e. The summed E-state index contributed by atoms with van der Waals surface area (Å²) < 4.78 is 27.3. The van der Waals surface area contributed by atoms with Crippen LogP contribution in [-0.2, 0) is 10.0 Å². The van der Waals surface area contributed by atoms with Crippen molar-refractivity contribution in [3.8, 4) is 0 Å². The largest absolute Gasteiger partial charge is 0.310 e. The van der Waals surface area contributed by atoms with Gasteiger partial charge in [0.2, 0.25) is 0 Å². The molecule has 1 aromatic carbocycles. The van der Waals surface area contributed by atoms with Crippen molar-refractivity contribution in [3.63, 3.8) is 0 Å². The Morgan fingerprint density at radius 1 is 1.19 bits per heavy atom. The highest BCUT2D eigenvalue weighted by Gasteiger charge is 2.15. The summed E-state index contributed by atoms with van der Waals surface area (Å²) in [5, 5.41) is 3.27. The van der Waals surface area contributed by atoms with Gasteiger partial charge >= 0.3 is 0 Å². The van der Waals surface area contributed by atoms with E-state index in [0.717, 1.165) is 12.1 Å². The van der Waals surface area contributed by atoms with Crippen LogP contribution in [0.15, 0.2) is 53.7 Å². The van der Waals surface area contributed by atoms with Gasteiger partial charge in [-0.1, -0.05) is 19.1 Å². The zero-order chi connectivity index (χ0) is 15.3. The molecule has 112 valence electrons. The van der Waals surface area contributed by atoms with Crippen molar-refractivity contribution < 1.29 is 8.42 Å². The number of nitrogens with one attached hydrogen (secondary N) is 2. The number of benzene rings is 1. The first-order valence-electron chi connectivity index (χ1n) is 6.79. The lowest BCUT2D eigenvalue weighted by molar-refractivity contribution is 0.592. The lowest BCUT2D eigenvalue weighted by Crippen LogP contribution is -2.18. The molecule has 21 heavy (non-hydrogen) atoms. The molecule has 1 atom stereocenters. The molecule has 0 saturated heterocycles. The summed E-state index contributed by atoms with van der Waals surface area (Å²) in [6.07, 6.45) is 3.09. The third kappa shape index (κ3) is 4.03. The molecule has 0 radical (unpaired) electrons. The molecule has 1 unspecified atom stereocenters.